The van der Waals surface area contributed by atoms with E-state index in [1.54, 1.807) is 0 Å². The van der Waals surface area contributed by atoms with Crippen molar-refractivity contribution in [1.82, 2.24) is 0 Å². The molecule has 2 nitrogen and oxygen atoms in total. The van der Waals surface area contributed by atoms with Gasteiger partial charge in [-0.1, -0.05) is 115 Å². The molecule has 0 aliphatic rings. The monoisotopic (exact) mass is 537 g/mol. The molecule has 0 bridgehead atoms. The summed E-state index contributed by atoms with van der Waals surface area (Å²) < 4.78 is 6.14. The maximum atomic E-state index is 6.14. The van der Waals surface area contributed by atoms with Crippen LogP contribution in [0.4, 0.5) is 17.1 Å². The normalized spacial score (nSPS) is 11.3. The van der Waals surface area contributed by atoms with Crippen molar-refractivity contribution in [2.24, 2.45) is 0 Å². The summed E-state index contributed by atoms with van der Waals surface area (Å²) in [6.45, 7) is 0. The average molecular weight is 538 g/mol. The quantitative estimate of drug-likeness (QED) is 0.217. The van der Waals surface area contributed by atoms with Crippen LogP contribution >= 0.6 is 0 Å². The van der Waals surface area contributed by atoms with Crippen LogP contribution in [-0.4, -0.2) is 0 Å². The smallest absolute Gasteiger partial charge is 0.135 e. The fourth-order valence-corrected chi connectivity index (χ4v) is 6.00. The van der Waals surface area contributed by atoms with Gasteiger partial charge in [-0.05, 0) is 81.6 Å². The predicted octanol–water partition coefficient (Wildman–Crippen LogP) is 11.5. The molecule has 0 saturated carbocycles. The van der Waals surface area contributed by atoms with Gasteiger partial charge in [0.05, 0.1) is 0 Å². The Labute approximate surface area is 244 Å². The summed E-state index contributed by atoms with van der Waals surface area (Å²) in [6, 6.07) is 58.0. The maximum absolute atomic E-state index is 6.14. The molecule has 0 spiro atoms. The van der Waals surface area contributed by atoms with Crippen LogP contribution in [0.15, 0.2) is 168 Å². The molecule has 1 aromatic heterocycles. The first-order valence-electron chi connectivity index (χ1n) is 14.3. The zero-order valence-electron chi connectivity index (χ0n) is 22.9. The Morgan fingerprint density at radius 3 is 1.71 bits per heavy atom. The van der Waals surface area contributed by atoms with Crippen molar-refractivity contribution in [3.63, 3.8) is 0 Å². The van der Waals surface area contributed by atoms with Gasteiger partial charge in [0.25, 0.3) is 0 Å². The zero-order chi connectivity index (χ0) is 27.9. The zero-order valence-corrected chi connectivity index (χ0v) is 22.9. The molecule has 0 saturated heterocycles. The number of nitrogens with zero attached hydrogens (tertiary/aromatic N) is 1. The number of para-hydroxylation sites is 1. The van der Waals surface area contributed by atoms with E-state index in [4.69, 9.17) is 4.42 Å². The summed E-state index contributed by atoms with van der Waals surface area (Å²) in [6.07, 6.45) is 0. The third kappa shape index (κ3) is 4.22. The van der Waals surface area contributed by atoms with Crippen molar-refractivity contribution >= 4 is 49.8 Å². The van der Waals surface area contributed by atoms with E-state index in [2.05, 4.69) is 157 Å². The number of hydrogen-bond acceptors (Lipinski definition) is 2. The topological polar surface area (TPSA) is 16.4 Å². The number of benzene rings is 7. The summed E-state index contributed by atoms with van der Waals surface area (Å²) in [5.41, 5.74) is 9.92. The third-order valence-corrected chi connectivity index (χ3v) is 8.08. The molecular weight excluding hydrogens is 510 g/mol. The third-order valence-electron chi connectivity index (χ3n) is 8.08. The second-order valence-corrected chi connectivity index (χ2v) is 10.6. The van der Waals surface area contributed by atoms with Crippen LogP contribution in [0.1, 0.15) is 0 Å². The summed E-state index contributed by atoms with van der Waals surface area (Å²) in [4.78, 5) is 2.32. The standard InChI is InChI=1S/C40H27NO/c1-2-9-28(10-3-1)29-17-21-32(22-18-29)41(34-25-26-40-38(27-34)37-14-6-7-16-39(37)42-40)33-23-19-31(20-24-33)36-15-8-12-30-11-4-5-13-35(30)36/h1-27H. The van der Waals surface area contributed by atoms with E-state index in [-0.39, 0.29) is 0 Å². The SMILES string of the molecule is c1ccc(-c2ccc(N(c3ccc(-c4cccc5ccccc45)cc3)c3ccc4oc5ccccc5c4c3)cc2)cc1. The second-order valence-electron chi connectivity index (χ2n) is 10.6. The fourth-order valence-electron chi connectivity index (χ4n) is 6.00. The molecule has 0 atom stereocenters. The van der Waals surface area contributed by atoms with Crippen LogP contribution < -0.4 is 4.90 Å². The Morgan fingerprint density at radius 1 is 0.357 bits per heavy atom. The van der Waals surface area contributed by atoms with Gasteiger partial charge in [-0.15, -0.1) is 0 Å². The Bertz CT molecular complexity index is 2170. The Hall–Kier alpha value is -5.60. The largest absolute Gasteiger partial charge is 0.456 e. The molecule has 0 radical (unpaired) electrons. The van der Waals surface area contributed by atoms with Crippen molar-refractivity contribution in [3.8, 4) is 22.3 Å². The number of hydrogen-bond donors (Lipinski definition) is 0. The van der Waals surface area contributed by atoms with Gasteiger partial charge in [0.1, 0.15) is 11.2 Å². The van der Waals surface area contributed by atoms with Gasteiger partial charge in [0.15, 0.2) is 0 Å². The molecule has 198 valence electrons. The van der Waals surface area contributed by atoms with Crippen LogP contribution in [0, 0.1) is 0 Å². The van der Waals surface area contributed by atoms with Crippen LogP contribution in [0.3, 0.4) is 0 Å². The summed E-state index contributed by atoms with van der Waals surface area (Å²) in [5, 5.41) is 4.75. The molecule has 8 aromatic rings. The fraction of sp³-hybridized carbons (Fsp3) is 0. The molecule has 0 amide bonds. The maximum Gasteiger partial charge on any atom is 0.135 e. The molecule has 2 heteroatoms. The summed E-state index contributed by atoms with van der Waals surface area (Å²) in [5.74, 6) is 0. The van der Waals surface area contributed by atoms with Crippen LogP contribution in [0.5, 0.6) is 0 Å². The van der Waals surface area contributed by atoms with E-state index in [0.717, 1.165) is 39.0 Å². The molecule has 0 unspecified atom stereocenters. The molecular formula is C40H27NO. The van der Waals surface area contributed by atoms with E-state index in [1.165, 1.54) is 33.0 Å². The number of rotatable bonds is 5. The highest BCUT2D eigenvalue weighted by Crippen LogP contribution is 2.40. The first kappa shape index (κ1) is 24.2. The van der Waals surface area contributed by atoms with Gasteiger partial charge >= 0.3 is 0 Å². The van der Waals surface area contributed by atoms with Crippen molar-refractivity contribution in [3.05, 3.63) is 164 Å². The van der Waals surface area contributed by atoms with E-state index in [0.29, 0.717) is 0 Å². The molecule has 7 aromatic carbocycles. The predicted molar refractivity (Wildman–Crippen MR) is 177 cm³/mol. The average Bonchev–Trinajstić information content (AvgIpc) is 3.44. The Kier molecular flexibility index (Phi) is 5.82. The van der Waals surface area contributed by atoms with Gasteiger partial charge in [-0.2, -0.15) is 0 Å². The Morgan fingerprint density at radius 2 is 0.929 bits per heavy atom. The number of furan rings is 1. The van der Waals surface area contributed by atoms with Gasteiger partial charge in [-0.3, -0.25) is 0 Å². The van der Waals surface area contributed by atoms with E-state index < -0.39 is 0 Å². The summed E-state index contributed by atoms with van der Waals surface area (Å²) in [7, 11) is 0. The van der Waals surface area contributed by atoms with Crippen LogP contribution in [0.25, 0.3) is 55.0 Å². The van der Waals surface area contributed by atoms with Crippen molar-refractivity contribution in [2.45, 2.75) is 0 Å². The molecule has 0 aliphatic carbocycles. The Balaban J connectivity index is 1.25. The first-order chi connectivity index (χ1) is 20.8. The van der Waals surface area contributed by atoms with Crippen LogP contribution in [0.2, 0.25) is 0 Å². The lowest BCUT2D eigenvalue weighted by atomic mass is 9.98. The molecule has 42 heavy (non-hydrogen) atoms. The van der Waals surface area contributed by atoms with E-state index >= 15 is 0 Å². The first-order valence-corrected chi connectivity index (χ1v) is 14.3. The lowest BCUT2D eigenvalue weighted by Gasteiger charge is -2.26. The molecule has 8 rings (SSSR count). The van der Waals surface area contributed by atoms with Crippen molar-refractivity contribution < 1.29 is 4.42 Å². The highest BCUT2D eigenvalue weighted by molar-refractivity contribution is 6.06. The highest BCUT2D eigenvalue weighted by Gasteiger charge is 2.16. The molecule has 1 heterocycles. The summed E-state index contributed by atoms with van der Waals surface area (Å²) >= 11 is 0. The van der Waals surface area contributed by atoms with Gasteiger partial charge in [0, 0.05) is 27.8 Å². The minimum absolute atomic E-state index is 0.894. The molecule has 0 fully saturated rings. The van der Waals surface area contributed by atoms with E-state index in [1.807, 2.05) is 12.1 Å². The highest BCUT2D eigenvalue weighted by atomic mass is 16.3. The van der Waals surface area contributed by atoms with Gasteiger partial charge in [0.2, 0.25) is 0 Å². The van der Waals surface area contributed by atoms with E-state index in [9.17, 15) is 0 Å². The van der Waals surface area contributed by atoms with Crippen LogP contribution in [-0.2, 0) is 0 Å². The second kappa shape index (κ2) is 10.1. The van der Waals surface area contributed by atoms with Crippen molar-refractivity contribution in [2.75, 3.05) is 4.90 Å². The molecule has 0 N–H and O–H groups in total. The van der Waals surface area contributed by atoms with Gasteiger partial charge in [-0.25, -0.2) is 0 Å². The van der Waals surface area contributed by atoms with Gasteiger partial charge < -0.3 is 9.32 Å². The lowest BCUT2D eigenvalue weighted by molar-refractivity contribution is 0.669. The number of fused-ring (bicyclic) bond motifs is 4. The molecule has 0 aliphatic heterocycles. The lowest BCUT2D eigenvalue weighted by Crippen LogP contribution is -2.09. The number of anilines is 3. The minimum atomic E-state index is 0.894. The van der Waals surface area contributed by atoms with Crippen molar-refractivity contribution in [1.29, 1.82) is 0 Å². The minimum Gasteiger partial charge on any atom is -0.456 e.